The first-order valence-electron chi connectivity index (χ1n) is 10.6. The molecule has 0 amide bonds. The number of nitrogens with zero attached hydrogens (tertiary/aromatic N) is 4. The number of hydrogen-bond donors (Lipinski definition) is 3. The van der Waals surface area contributed by atoms with Crippen molar-refractivity contribution in [3.63, 3.8) is 0 Å². The van der Waals surface area contributed by atoms with E-state index < -0.39 is 0 Å². The Morgan fingerprint density at radius 1 is 1.26 bits per heavy atom. The van der Waals surface area contributed by atoms with Gasteiger partial charge in [-0.05, 0) is 37.1 Å². The topological polar surface area (TPSA) is 123 Å². The van der Waals surface area contributed by atoms with Gasteiger partial charge in [0.15, 0.2) is 5.82 Å². The molecular formula is C22H32N6O3. The monoisotopic (exact) mass is 428 g/mol. The summed E-state index contributed by atoms with van der Waals surface area (Å²) in [4.78, 5) is 19.8. The largest absolute Gasteiger partial charge is 0.403 e. The third-order valence-electron chi connectivity index (χ3n) is 5.37. The fourth-order valence-corrected chi connectivity index (χ4v) is 3.76. The summed E-state index contributed by atoms with van der Waals surface area (Å²) in [5.74, 6) is 6.34. The predicted molar refractivity (Wildman–Crippen MR) is 122 cm³/mol. The van der Waals surface area contributed by atoms with Crippen molar-refractivity contribution in [1.82, 2.24) is 9.55 Å². The van der Waals surface area contributed by atoms with Crippen LogP contribution in [0.5, 0.6) is 0 Å². The van der Waals surface area contributed by atoms with Gasteiger partial charge >= 0.3 is 0 Å². The Bertz CT molecular complexity index is 945. The first kappa shape index (κ1) is 22.8. The van der Waals surface area contributed by atoms with Crippen molar-refractivity contribution < 1.29 is 9.84 Å². The number of ether oxygens (including phenoxy) is 1. The molecule has 168 valence electrons. The van der Waals surface area contributed by atoms with Crippen LogP contribution in [0.4, 0.5) is 11.5 Å². The zero-order chi connectivity index (χ0) is 22.4. The second-order valence-electron chi connectivity index (χ2n) is 7.67. The lowest BCUT2D eigenvalue weighted by molar-refractivity contribution is -0.127. The fraction of sp³-hybridized carbons (Fsp3) is 0.455. The Labute approximate surface area is 182 Å². The van der Waals surface area contributed by atoms with E-state index in [0.717, 1.165) is 43.4 Å². The minimum absolute atomic E-state index is 0.0794. The summed E-state index contributed by atoms with van der Waals surface area (Å²) in [5, 5.41) is 10.6. The molecule has 1 spiro atoms. The van der Waals surface area contributed by atoms with E-state index in [1.165, 1.54) is 11.2 Å². The second-order valence-corrected chi connectivity index (χ2v) is 7.67. The van der Waals surface area contributed by atoms with Crippen molar-refractivity contribution in [2.24, 2.45) is 17.0 Å². The van der Waals surface area contributed by atoms with Gasteiger partial charge in [0, 0.05) is 44.0 Å². The summed E-state index contributed by atoms with van der Waals surface area (Å²) >= 11 is 0. The average Bonchev–Trinajstić information content (AvgIpc) is 2.73. The molecule has 3 heterocycles. The average molecular weight is 429 g/mol. The molecule has 0 unspecified atom stereocenters. The van der Waals surface area contributed by atoms with Crippen LogP contribution < -0.4 is 27.0 Å². The lowest BCUT2D eigenvalue weighted by atomic mass is 9.78. The molecule has 0 aliphatic carbocycles. The van der Waals surface area contributed by atoms with E-state index >= 15 is 0 Å². The first-order chi connectivity index (χ1) is 15.0. The molecule has 4 rings (SSSR count). The number of aryl methyl sites for hydroxylation is 1. The van der Waals surface area contributed by atoms with Gasteiger partial charge in [0.05, 0.1) is 30.0 Å². The molecule has 2 aliphatic heterocycles. The lowest BCUT2D eigenvalue weighted by Gasteiger charge is -2.55. The molecule has 1 aromatic carbocycles. The van der Waals surface area contributed by atoms with Crippen LogP contribution in [0.25, 0.3) is 5.69 Å². The molecule has 9 nitrogen and oxygen atoms in total. The van der Waals surface area contributed by atoms with Gasteiger partial charge < -0.3 is 20.5 Å². The van der Waals surface area contributed by atoms with Crippen molar-refractivity contribution in [2.75, 3.05) is 42.8 Å². The van der Waals surface area contributed by atoms with Crippen LogP contribution in [0.3, 0.4) is 0 Å². The van der Waals surface area contributed by atoms with Crippen LogP contribution in [-0.4, -0.2) is 47.6 Å². The zero-order valence-electron chi connectivity index (χ0n) is 18.2. The van der Waals surface area contributed by atoms with Gasteiger partial charge in [-0.15, -0.1) is 0 Å². The number of nitrogens with two attached hydrogens (primary N) is 2. The molecule has 0 atom stereocenters. The third kappa shape index (κ3) is 4.73. The lowest BCUT2D eigenvalue weighted by Crippen LogP contribution is -2.67. The van der Waals surface area contributed by atoms with E-state index in [0.29, 0.717) is 18.7 Å². The van der Waals surface area contributed by atoms with Gasteiger partial charge in [-0.3, -0.25) is 14.4 Å². The van der Waals surface area contributed by atoms with Gasteiger partial charge in [-0.1, -0.05) is 13.8 Å². The number of aliphatic hydroxyl groups excluding tert-OH is 1. The summed E-state index contributed by atoms with van der Waals surface area (Å²) in [7, 11) is 0. The second kappa shape index (κ2) is 9.95. The minimum atomic E-state index is -0.160. The predicted octanol–water partition coefficient (Wildman–Crippen LogP) is 1.13. The number of hydrogen-bond acceptors (Lipinski definition) is 8. The standard InChI is InChI=1S/C20H26N6O3.C2H6/c21-7-8-26(22)17-5-3-16(4-6-17)25-10-15(2-1-9-27)23-18(19(25)28)24-11-20(12-24)13-29-14-20;1-2/h3-8,10,27H,1-2,9,11-14,21-22H2;1-2H3/b8-7-;. The number of benzene rings is 1. The molecule has 5 N–H and O–H groups in total. The number of aromatic nitrogens is 2. The smallest absolute Gasteiger partial charge is 0.298 e. The maximum Gasteiger partial charge on any atom is 0.298 e. The SMILES string of the molecule is CC.N/C=C\N(N)c1ccc(-n2cc(CCCO)nc(N3CC4(COC4)C3)c2=O)cc1. The molecule has 0 saturated carbocycles. The van der Waals surface area contributed by atoms with Gasteiger partial charge in [0.1, 0.15) is 0 Å². The van der Waals surface area contributed by atoms with Gasteiger partial charge in [0.2, 0.25) is 0 Å². The molecular weight excluding hydrogens is 396 g/mol. The highest BCUT2D eigenvalue weighted by atomic mass is 16.5. The van der Waals surface area contributed by atoms with E-state index in [2.05, 4.69) is 4.98 Å². The van der Waals surface area contributed by atoms with Crippen LogP contribution in [0, 0.1) is 5.41 Å². The zero-order valence-corrected chi connectivity index (χ0v) is 18.2. The highest BCUT2D eigenvalue weighted by Gasteiger charge is 2.50. The molecule has 1 aromatic heterocycles. The molecule has 31 heavy (non-hydrogen) atoms. The van der Waals surface area contributed by atoms with E-state index in [9.17, 15) is 9.90 Å². The highest BCUT2D eigenvalue weighted by molar-refractivity contribution is 5.53. The summed E-state index contributed by atoms with van der Waals surface area (Å²) in [6.07, 6.45) is 5.84. The van der Waals surface area contributed by atoms with Crippen LogP contribution in [0.15, 0.2) is 47.7 Å². The quantitative estimate of drug-likeness (QED) is 0.443. The van der Waals surface area contributed by atoms with Gasteiger partial charge in [-0.2, -0.15) is 0 Å². The molecule has 2 aliphatic rings. The summed E-state index contributed by atoms with van der Waals surface area (Å²) < 4.78 is 6.94. The molecule has 0 radical (unpaired) electrons. The maximum absolute atomic E-state index is 13.2. The number of anilines is 2. The normalized spacial score (nSPS) is 16.5. The number of aliphatic hydroxyl groups is 1. The summed E-state index contributed by atoms with van der Waals surface area (Å²) in [6, 6.07) is 7.30. The van der Waals surface area contributed by atoms with Crippen LogP contribution in [0.1, 0.15) is 26.0 Å². The molecule has 2 aromatic rings. The summed E-state index contributed by atoms with van der Waals surface area (Å²) in [6.45, 7) is 7.14. The Morgan fingerprint density at radius 3 is 2.48 bits per heavy atom. The first-order valence-corrected chi connectivity index (χ1v) is 10.6. The van der Waals surface area contributed by atoms with Gasteiger partial charge in [-0.25, -0.2) is 10.8 Å². The van der Waals surface area contributed by atoms with Crippen molar-refractivity contribution in [2.45, 2.75) is 26.7 Å². The van der Waals surface area contributed by atoms with E-state index in [1.54, 1.807) is 17.0 Å². The Kier molecular flexibility index (Phi) is 7.32. The van der Waals surface area contributed by atoms with Crippen LogP contribution in [0.2, 0.25) is 0 Å². The molecule has 0 bridgehead atoms. The number of rotatable bonds is 7. The van der Waals surface area contributed by atoms with Crippen molar-refractivity contribution >= 4 is 11.5 Å². The van der Waals surface area contributed by atoms with E-state index in [1.807, 2.05) is 43.0 Å². The van der Waals surface area contributed by atoms with Crippen LogP contribution in [-0.2, 0) is 11.2 Å². The Morgan fingerprint density at radius 2 is 1.94 bits per heavy atom. The van der Waals surface area contributed by atoms with Crippen molar-refractivity contribution in [1.29, 1.82) is 0 Å². The third-order valence-corrected chi connectivity index (χ3v) is 5.37. The van der Waals surface area contributed by atoms with Crippen LogP contribution >= 0.6 is 0 Å². The molecule has 2 saturated heterocycles. The van der Waals surface area contributed by atoms with Crippen molar-refractivity contribution in [3.05, 3.63) is 58.9 Å². The van der Waals surface area contributed by atoms with Gasteiger partial charge in [0.25, 0.3) is 5.56 Å². The van der Waals surface area contributed by atoms with E-state index in [4.69, 9.17) is 16.3 Å². The Balaban J connectivity index is 0.00000132. The van der Waals surface area contributed by atoms with Crippen molar-refractivity contribution in [3.8, 4) is 5.69 Å². The number of hydrazine groups is 1. The molecule has 2 fully saturated rings. The fourth-order valence-electron chi connectivity index (χ4n) is 3.76. The summed E-state index contributed by atoms with van der Waals surface area (Å²) in [5.41, 5.74) is 7.64. The Hall–Kier alpha value is -2.88. The maximum atomic E-state index is 13.2. The highest BCUT2D eigenvalue weighted by Crippen LogP contribution is 2.38. The minimum Gasteiger partial charge on any atom is -0.403 e. The molecule has 9 heteroatoms. The van der Waals surface area contributed by atoms with E-state index in [-0.39, 0.29) is 17.6 Å².